The molecular formula is C17H16FN3O2S. The average molecular weight is 345 g/mol. The predicted molar refractivity (Wildman–Crippen MR) is 89.4 cm³/mol. The number of para-hydroxylation sites is 2. The van der Waals surface area contributed by atoms with Gasteiger partial charge in [-0.2, -0.15) is 0 Å². The molecule has 0 saturated heterocycles. The molecule has 0 saturated carbocycles. The molecule has 0 aliphatic heterocycles. The van der Waals surface area contributed by atoms with E-state index in [9.17, 15) is 12.8 Å². The van der Waals surface area contributed by atoms with Gasteiger partial charge in [-0.3, -0.25) is 0 Å². The summed E-state index contributed by atoms with van der Waals surface area (Å²) >= 11 is 0. The quantitative estimate of drug-likeness (QED) is 0.789. The molecule has 3 aromatic rings. The Labute approximate surface area is 139 Å². The van der Waals surface area contributed by atoms with Gasteiger partial charge >= 0.3 is 0 Å². The van der Waals surface area contributed by atoms with E-state index in [0.717, 1.165) is 11.6 Å². The topological polar surface area (TPSA) is 72.0 Å². The second-order valence-electron chi connectivity index (χ2n) is 5.48. The number of benzene rings is 2. The molecule has 24 heavy (non-hydrogen) atoms. The molecule has 7 heteroatoms. The molecule has 0 bridgehead atoms. The van der Waals surface area contributed by atoms with E-state index in [0.29, 0.717) is 16.9 Å². The summed E-state index contributed by atoms with van der Waals surface area (Å²) < 4.78 is 40.5. The zero-order valence-electron chi connectivity index (χ0n) is 13.2. The van der Waals surface area contributed by atoms with E-state index in [4.69, 9.17) is 0 Å². The van der Waals surface area contributed by atoms with Crippen LogP contribution in [0.4, 0.5) is 4.39 Å². The van der Waals surface area contributed by atoms with Gasteiger partial charge in [-0.25, -0.2) is 27.5 Å². The maximum absolute atomic E-state index is 13.3. The fourth-order valence-corrected chi connectivity index (χ4v) is 3.40. The van der Waals surface area contributed by atoms with Crippen molar-refractivity contribution >= 4 is 21.1 Å². The highest BCUT2D eigenvalue weighted by molar-refractivity contribution is 7.89. The third-order valence-corrected chi connectivity index (χ3v) is 5.11. The fourth-order valence-electron chi connectivity index (χ4n) is 2.32. The van der Waals surface area contributed by atoms with Crippen molar-refractivity contribution in [3.05, 3.63) is 65.2 Å². The minimum absolute atomic E-state index is 0.0163. The Morgan fingerprint density at radius 3 is 2.38 bits per heavy atom. The summed E-state index contributed by atoms with van der Waals surface area (Å²) in [4.78, 5) is 8.90. The highest BCUT2D eigenvalue weighted by Crippen LogP contribution is 2.16. The van der Waals surface area contributed by atoms with Gasteiger partial charge in [0.25, 0.3) is 0 Å². The van der Waals surface area contributed by atoms with Gasteiger partial charge in [0.2, 0.25) is 10.0 Å². The molecule has 0 unspecified atom stereocenters. The minimum atomic E-state index is -3.75. The SMILES string of the molecule is Cc1cc(S(=O)(=O)NCc2nc3ccccc3nc2C)ccc1F. The largest absolute Gasteiger partial charge is 0.250 e. The first-order chi connectivity index (χ1) is 11.4. The number of hydrogen-bond acceptors (Lipinski definition) is 4. The van der Waals surface area contributed by atoms with Gasteiger partial charge in [0.15, 0.2) is 0 Å². The van der Waals surface area contributed by atoms with Gasteiger partial charge in [0.1, 0.15) is 5.82 Å². The lowest BCUT2D eigenvalue weighted by Gasteiger charge is -2.10. The van der Waals surface area contributed by atoms with E-state index in [-0.39, 0.29) is 17.0 Å². The van der Waals surface area contributed by atoms with Crippen LogP contribution in [0.1, 0.15) is 17.0 Å². The summed E-state index contributed by atoms with van der Waals surface area (Å²) in [6.45, 7) is 3.32. The summed E-state index contributed by atoms with van der Waals surface area (Å²) in [5, 5.41) is 0. The van der Waals surface area contributed by atoms with Gasteiger partial charge in [-0.15, -0.1) is 0 Å². The van der Waals surface area contributed by atoms with Crippen LogP contribution in [-0.4, -0.2) is 18.4 Å². The fraction of sp³-hybridized carbons (Fsp3) is 0.176. The molecule has 0 atom stereocenters. The van der Waals surface area contributed by atoms with Crippen molar-refractivity contribution in [1.29, 1.82) is 0 Å². The van der Waals surface area contributed by atoms with Crippen molar-refractivity contribution in [1.82, 2.24) is 14.7 Å². The second kappa shape index (κ2) is 6.26. The molecule has 124 valence electrons. The molecule has 0 aliphatic carbocycles. The van der Waals surface area contributed by atoms with Crippen LogP contribution in [0.5, 0.6) is 0 Å². The van der Waals surface area contributed by atoms with Crippen molar-refractivity contribution in [3.8, 4) is 0 Å². The van der Waals surface area contributed by atoms with E-state index in [1.165, 1.54) is 19.1 Å². The molecule has 0 fully saturated rings. The van der Waals surface area contributed by atoms with Gasteiger partial charge in [0, 0.05) is 0 Å². The molecule has 0 aliphatic rings. The number of fused-ring (bicyclic) bond motifs is 1. The highest BCUT2D eigenvalue weighted by atomic mass is 32.2. The average Bonchev–Trinajstić information content (AvgIpc) is 2.55. The van der Waals surface area contributed by atoms with Crippen LogP contribution in [0.25, 0.3) is 11.0 Å². The van der Waals surface area contributed by atoms with Gasteiger partial charge in [0.05, 0.1) is 33.9 Å². The number of aryl methyl sites for hydroxylation is 2. The molecule has 5 nitrogen and oxygen atoms in total. The maximum atomic E-state index is 13.3. The second-order valence-corrected chi connectivity index (χ2v) is 7.25. The summed E-state index contributed by atoms with van der Waals surface area (Å²) in [6.07, 6.45) is 0. The molecule has 0 spiro atoms. The number of aromatic nitrogens is 2. The van der Waals surface area contributed by atoms with Crippen LogP contribution in [0.2, 0.25) is 0 Å². The summed E-state index contributed by atoms with van der Waals surface area (Å²) in [5.74, 6) is -0.440. The van der Waals surface area contributed by atoms with Crippen LogP contribution in [-0.2, 0) is 16.6 Å². The standard InChI is InChI=1S/C17H16FN3O2S/c1-11-9-13(7-8-14(11)18)24(22,23)19-10-17-12(2)20-15-5-3-4-6-16(15)21-17/h3-9,19H,10H2,1-2H3. The van der Waals surface area contributed by atoms with Crippen molar-refractivity contribution in [2.45, 2.75) is 25.3 Å². The lowest BCUT2D eigenvalue weighted by Crippen LogP contribution is -2.24. The van der Waals surface area contributed by atoms with Crippen LogP contribution in [0, 0.1) is 19.7 Å². The van der Waals surface area contributed by atoms with Gasteiger partial charge in [-0.1, -0.05) is 12.1 Å². The predicted octanol–water partition coefficient (Wildman–Crippen LogP) is 2.86. The Kier molecular flexibility index (Phi) is 4.29. The zero-order chi connectivity index (χ0) is 17.3. The smallest absolute Gasteiger partial charge is 0.240 e. The number of halogens is 1. The third kappa shape index (κ3) is 3.27. The van der Waals surface area contributed by atoms with Gasteiger partial charge < -0.3 is 0 Å². The first kappa shape index (κ1) is 16.5. The molecule has 3 rings (SSSR count). The Bertz CT molecular complexity index is 1020. The van der Waals surface area contributed by atoms with Crippen LogP contribution < -0.4 is 4.72 Å². The maximum Gasteiger partial charge on any atom is 0.240 e. The summed E-state index contributed by atoms with van der Waals surface area (Å²) in [6, 6.07) is 11.1. The van der Waals surface area contributed by atoms with E-state index >= 15 is 0 Å². The lowest BCUT2D eigenvalue weighted by molar-refractivity contribution is 0.578. The Morgan fingerprint density at radius 1 is 1.04 bits per heavy atom. The van der Waals surface area contributed by atoms with Crippen molar-refractivity contribution < 1.29 is 12.8 Å². The molecular weight excluding hydrogens is 329 g/mol. The molecule has 1 N–H and O–H groups in total. The summed E-state index contributed by atoms with van der Waals surface area (Å²) in [5.41, 5.74) is 2.95. The number of nitrogens with zero attached hydrogens (tertiary/aromatic N) is 2. The molecule has 0 amide bonds. The van der Waals surface area contributed by atoms with E-state index < -0.39 is 15.8 Å². The van der Waals surface area contributed by atoms with Crippen LogP contribution >= 0.6 is 0 Å². The highest BCUT2D eigenvalue weighted by Gasteiger charge is 2.16. The third-order valence-electron chi connectivity index (χ3n) is 3.71. The molecule has 1 aromatic heterocycles. The van der Waals surface area contributed by atoms with Crippen LogP contribution in [0.15, 0.2) is 47.4 Å². The zero-order valence-corrected chi connectivity index (χ0v) is 14.1. The normalized spacial score (nSPS) is 11.8. The Balaban J connectivity index is 1.86. The lowest BCUT2D eigenvalue weighted by atomic mass is 10.2. The number of sulfonamides is 1. The first-order valence-electron chi connectivity index (χ1n) is 7.35. The molecule has 0 radical (unpaired) electrons. The van der Waals surface area contributed by atoms with Crippen molar-refractivity contribution in [2.24, 2.45) is 0 Å². The number of rotatable bonds is 4. The van der Waals surface area contributed by atoms with Crippen molar-refractivity contribution in [3.63, 3.8) is 0 Å². The minimum Gasteiger partial charge on any atom is -0.250 e. The summed E-state index contributed by atoms with van der Waals surface area (Å²) in [7, 11) is -3.75. The van der Waals surface area contributed by atoms with Crippen LogP contribution in [0.3, 0.4) is 0 Å². The Hall–Kier alpha value is -2.38. The van der Waals surface area contributed by atoms with Gasteiger partial charge in [-0.05, 0) is 49.7 Å². The first-order valence-corrected chi connectivity index (χ1v) is 8.83. The molecule has 1 heterocycles. The van der Waals surface area contributed by atoms with E-state index in [2.05, 4.69) is 14.7 Å². The monoisotopic (exact) mass is 345 g/mol. The van der Waals surface area contributed by atoms with Crippen molar-refractivity contribution in [2.75, 3.05) is 0 Å². The van der Waals surface area contributed by atoms with E-state index in [1.807, 2.05) is 24.3 Å². The van der Waals surface area contributed by atoms with E-state index in [1.54, 1.807) is 6.92 Å². The number of nitrogens with one attached hydrogen (secondary N) is 1. The number of hydrogen-bond donors (Lipinski definition) is 1. The molecule has 2 aromatic carbocycles. The Morgan fingerprint density at radius 2 is 1.71 bits per heavy atom.